The van der Waals surface area contributed by atoms with Crippen LogP contribution in [0.3, 0.4) is 0 Å². The molecule has 2 saturated heterocycles. The number of ether oxygens (including phenoxy) is 1. The molecule has 3 aliphatic rings. The van der Waals surface area contributed by atoms with Crippen molar-refractivity contribution in [3.8, 4) is 5.75 Å². The fourth-order valence-corrected chi connectivity index (χ4v) is 4.70. The fourth-order valence-electron chi connectivity index (χ4n) is 4.70. The first-order valence-electron chi connectivity index (χ1n) is 11.4. The normalized spacial score (nSPS) is 20.1. The van der Waals surface area contributed by atoms with Gasteiger partial charge in [-0.25, -0.2) is 0 Å². The van der Waals surface area contributed by atoms with Crippen LogP contribution in [0.15, 0.2) is 42.5 Å². The van der Waals surface area contributed by atoms with Gasteiger partial charge in [-0.05, 0) is 43.2 Å². The predicted octanol–water partition coefficient (Wildman–Crippen LogP) is 1.77. The molecule has 4 amide bonds. The minimum absolute atomic E-state index is 0.0723. The smallest absolute Gasteiger partial charge is 0.261 e. The second-order valence-electron chi connectivity index (χ2n) is 8.72. The van der Waals surface area contributed by atoms with E-state index < -0.39 is 5.91 Å². The molecule has 1 unspecified atom stereocenters. The lowest BCUT2D eigenvalue weighted by Crippen LogP contribution is -2.50. The zero-order valence-electron chi connectivity index (χ0n) is 18.6. The molecule has 0 aliphatic carbocycles. The molecule has 9 nitrogen and oxygen atoms in total. The summed E-state index contributed by atoms with van der Waals surface area (Å²) >= 11 is 0. The number of hydrogen-bond acceptors (Lipinski definition) is 6. The van der Waals surface area contributed by atoms with E-state index in [-0.39, 0.29) is 47.2 Å². The van der Waals surface area contributed by atoms with Crippen molar-refractivity contribution in [2.45, 2.75) is 18.9 Å². The average Bonchev–Trinajstić information content (AvgIpc) is 3.46. The van der Waals surface area contributed by atoms with Gasteiger partial charge >= 0.3 is 0 Å². The largest absolute Gasteiger partial charge is 0.507 e. The topological polar surface area (TPSA) is 107 Å². The Hall–Kier alpha value is -3.72. The van der Waals surface area contributed by atoms with Crippen LogP contribution in [-0.2, 0) is 4.74 Å². The summed E-state index contributed by atoms with van der Waals surface area (Å²) in [6, 6.07) is 11.0. The van der Waals surface area contributed by atoms with Crippen LogP contribution in [0.1, 0.15) is 54.3 Å². The molecule has 3 aliphatic heterocycles. The number of nitrogens with zero attached hydrogens (tertiary/aromatic N) is 3. The summed E-state index contributed by atoms with van der Waals surface area (Å²) in [7, 11) is 0. The van der Waals surface area contributed by atoms with Crippen LogP contribution in [0.25, 0.3) is 0 Å². The van der Waals surface area contributed by atoms with E-state index in [1.807, 2.05) is 0 Å². The van der Waals surface area contributed by atoms with Gasteiger partial charge in [-0.3, -0.25) is 24.1 Å². The van der Waals surface area contributed by atoms with Gasteiger partial charge in [0, 0.05) is 38.3 Å². The second-order valence-corrected chi connectivity index (χ2v) is 8.72. The molecule has 5 rings (SSSR count). The number of piperazine rings is 1. The second kappa shape index (κ2) is 8.90. The molecule has 1 N–H and O–H groups in total. The first-order valence-corrected chi connectivity index (χ1v) is 11.4. The maximum atomic E-state index is 13.1. The average molecular weight is 463 g/mol. The summed E-state index contributed by atoms with van der Waals surface area (Å²) in [6.07, 6.45) is 1.59. The van der Waals surface area contributed by atoms with Crippen molar-refractivity contribution in [2.75, 3.05) is 39.3 Å². The van der Waals surface area contributed by atoms with Gasteiger partial charge in [0.05, 0.1) is 29.3 Å². The Labute approximate surface area is 196 Å². The Morgan fingerprint density at radius 3 is 2.26 bits per heavy atom. The number of amides is 4. The van der Waals surface area contributed by atoms with Gasteiger partial charge in [0.2, 0.25) is 0 Å². The first-order chi connectivity index (χ1) is 16.4. The van der Waals surface area contributed by atoms with E-state index in [2.05, 4.69) is 0 Å². The molecule has 1 atom stereocenters. The van der Waals surface area contributed by atoms with Gasteiger partial charge in [-0.15, -0.1) is 0 Å². The third-order valence-electron chi connectivity index (χ3n) is 6.62. The van der Waals surface area contributed by atoms with E-state index in [0.29, 0.717) is 43.9 Å². The highest BCUT2D eigenvalue weighted by Crippen LogP contribution is 2.27. The van der Waals surface area contributed by atoms with Gasteiger partial charge in [-0.2, -0.15) is 0 Å². The molecule has 0 radical (unpaired) electrons. The van der Waals surface area contributed by atoms with Crippen LogP contribution in [0, 0.1) is 0 Å². The zero-order valence-corrected chi connectivity index (χ0v) is 18.6. The van der Waals surface area contributed by atoms with Gasteiger partial charge in [-0.1, -0.05) is 12.1 Å². The number of rotatable bonds is 4. The number of phenols is 1. The number of fused-ring (bicyclic) bond motifs is 1. The molecular weight excluding hydrogens is 438 g/mol. The van der Waals surface area contributed by atoms with Crippen LogP contribution in [0.2, 0.25) is 0 Å². The number of phenolic OH excluding ortho intramolecular Hbond substituents is 1. The lowest BCUT2D eigenvalue weighted by Gasteiger charge is -2.35. The van der Waals surface area contributed by atoms with E-state index in [1.54, 1.807) is 34.1 Å². The van der Waals surface area contributed by atoms with Gasteiger partial charge in [0.15, 0.2) is 0 Å². The summed E-state index contributed by atoms with van der Waals surface area (Å²) in [6.45, 7) is 2.17. The summed E-state index contributed by atoms with van der Waals surface area (Å²) in [5.74, 6) is -1.36. The Bertz CT molecular complexity index is 1160. The highest BCUT2D eigenvalue weighted by molar-refractivity contribution is 6.22. The number of para-hydroxylation sites is 1. The molecule has 3 heterocycles. The molecule has 2 aromatic rings. The maximum absolute atomic E-state index is 13.1. The van der Waals surface area contributed by atoms with Crippen LogP contribution in [0.4, 0.5) is 0 Å². The standard InChI is InChI=1S/C25H25N3O6/c29-21-6-2-1-5-19(21)23(31)27-11-9-26(10-12-27)22(30)16-7-8-18-20(14-16)25(33)28(24(18)32)15-17-4-3-13-34-17/h1-2,5-8,14,17,29H,3-4,9-13,15H2. The number of hydrogen-bond donors (Lipinski definition) is 1. The number of aromatic hydroxyl groups is 1. The summed E-state index contributed by atoms with van der Waals surface area (Å²) in [5, 5.41) is 9.94. The van der Waals surface area contributed by atoms with Crippen molar-refractivity contribution in [2.24, 2.45) is 0 Å². The highest BCUT2D eigenvalue weighted by atomic mass is 16.5. The molecular formula is C25H25N3O6. The Morgan fingerprint density at radius 2 is 1.59 bits per heavy atom. The monoisotopic (exact) mass is 463 g/mol. The Morgan fingerprint density at radius 1 is 0.912 bits per heavy atom. The van der Waals surface area contributed by atoms with Crippen molar-refractivity contribution in [3.05, 3.63) is 64.7 Å². The summed E-state index contributed by atoms with van der Waals surface area (Å²) < 4.78 is 5.56. The van der Waals surface area contributed by atoms with Crippen LogP contribution < -0.4 is 0 Å². The lowest BCUT2D eigenvalue weighted by atomic mass is 10.0. The molecule has 0 saturated carbocycles. The van der Waals surface area contributed by atoms with Crippen LogP contribution in [0.5, 0.6) is 5.75 Å². The van der Waals surface area contributed by atoms with E-state index in [4.69, 9.17) is 4.74 Å². The summed E-state index contributed by atoms with van der Waals surface area (Å²) in [4.78, 5) is 55.8. The Kier molecular flexibility index (Phi) is 5.79. The van der Waals surface area contributed by atoms with Gasteiger partial charge < -0.3 is 19.6 Å². The van der Waals surface area contributed by atoms with E-state index in [9.17, 15) is 24.3 Å². The van der Waals surface area contributed by atoms with Gasteiger partial charge in [0.25, 0.3) is 23.6 Å². The third-order valence-corrected chi connectivity index (χ3v) is 6.62. The van der Waals surface area contributed by atoms with Crippen molar-refractivity contribution < 1.29 is 29.0 Å². The first kappa shape index (κ1) is 22.1. The molecule has 0 spiro atoms. The van der Waals surface area contributed by atoms with E-state index in [1.165, 1.54) is 23.1 Å². The SMILES string of the molecule is O=C(c1ccc2c(c1)C(=O)N(CC1CCCO1)C2=O)N1CCN(C(=O)c2ccccc2O)CC1. The molecule has 2 fully saturated rings. The number of imide groups is 1. The quantitative estimate of drug-likeness (QED) is 0.693. The maximum Gasteiger partial charge on any atom is 0.261 e. The van der Waals surface area contributed by atoms with Crippen molar-refractivity contribution in [3.63, 3.8) is 0 Å². The van der Waals surface area contributed by atoms with Crippen molar-refractivity contribution >= 4 is 23.6 Å². The number of carbonyl (C=O) groups is 4. The van der Waals surface area contributed by atoms with Crippen molar-refractivity contribution in [1.82, 2.24) is 14.7 Å². The molecule has 34 heavy (non-hydrogen) atoms. The van der Waals surface area contributed by atoms with E-state index >= 15 is 0 Å². The molecule has 0 bridgehead atoms. The minimum atomic E-state index is -0.400. The molecule has 0 aromatic heterocycles. The third kappa shape index (κ3) is 3.92. The molecule has 9 heteroatoms. The summed E-state index contributed by atoms with van der Waals surface area (Å²) in [5.41, 5.74) is 1.11. The number of benzene rings is 2. The van der Waals surface area contributed by atoms with Crippen LogP contribution >= 0.6 is 0 Å². The lowest BCUT2D eigenvalue weighted by molar-refractivity contribution is 0.0475. The van der Waals surface area contributed by atoms with E-state index in [0.717, 1.165) is 12.8 Å². The van der Waals surface area contributed by atoms with Crippen LogP contribution in [-0.4, -0.2) is 88.9 Å². The fraction of sp³-hybridized carbons (Fsp3) is 0.360. The number of carbonyl (C=O) groups excluding carboxylic acids is 4. The predicted molar refractivity (Wildman–Crippen MR) is 121 cm³/mol. The molecule has 176 valence electrons. The highest BCUT2D eigenvalue weighted by Gasteiger charge is 2.38. The zero-order chi connectivity index (χ0) is 23.8. The Balaban J connectivity index is 1.25. The van der Waals surface area contributed by atoms with Crippen molar-refractivity contribution in [1.29, 1.82) is 0 Å². The molecule has 2 aromatic carbocycles. The van der Waals surface area contributed by atoms with Gasteiger partial charge in [0.1, 0.15) is 5.75 Å². The minimum Gasteiger partial charge on any atom is -0.507 e.